The van der Waals surface area contributed by atoms with Gasteiger partial charge in [-0.1, -0.05) is 17.7 Å². The molecule has 0 N–H and O–H groups in total. The first-order valence-electron chi connectivity index (χ1n) is 7.05. The minimum Gasteiger partial charge on any atom is -0.459 e. The maximum absolute atomic E-state index is 12.4. The summed E-state index contributed by atoms with van der Waals surface area (Å²) in [6, 6.07) is 5.85. The largest absolute Gasteiger partial charge is 0.459 e. The van der Waals surface area contributed by atoms with E-state index in [9.17, 15) is 9.59 Å². The SMILES string of the molecule is Cc1ccc(C)c(C(=O)C(C)SCC(=O)OC(C)(C)C)c1. The van der Waals surface area contributed by atoms with Gasteiger partial charge in [0.25, 0.3) is 0 Å². The second kappa shape index (κ2) is 7.12. The van der Waals surface area contributed by atoms with E-state index in [0.717, 1.165) is 16.7 Å². The summed E-state index contributed by atoms with van der Waals surface area (Å²) in [7, 11) is 0. The van der Waals surface area contributed by atoms with E-state index in [4.69, 9.17) is 4.74 Å². The van der Waals surface area contributed by atoms with Gasteiger partial charge in [0.1, 0.15) is 5.60 Å². The maximum atomic E-state index is 12.4. The van der Waals surface area contributed by atoms with Crippen molar-refractivity contribution < 1.29 is 14.3 Å². The Hall–Kier alpha value is -1.29. The molecule has 1 unspecified atom stereocenters. The van der Waals surface area contributed by atoms with E-state index in [1.165, 1.54) is 11.8 Å². The number of ether oxygens (including phenoxy) is 1. The standard InChI is InChI=1S/C17H24O3S/c1-11-7-8-12(2)14(9-11)16(19)13(3)21-10-15(18)20-17(4,5)6/h7-9,13H,10H2,1-6H3. The Morgan fingerprint density at radius 2 is 1.86 bits per heavy atom. The fourth-order valence-electron chi connectivity index (χ4n) is 1.86. The third kappa shape index (κ3) is 5.92. The summed E-state index contributed by atoms with van der Waals surface area (Å²) in [6.45, 7) is 11.2. The van der Waals surface area contributed by atoms with E-state index in [0.29, 0.717) is 0 Å². The van der Waals surface area contributed by atoms with Crippen molar-refractivity contribution in [2.45, 2.75) is 52.4 Å². The summed E-state index contributed by atoms with van der Waals surface area (Å²) < 4.78 is 5.25. The molecule has 0 amide bonds. The van der Waals surface area contributed by atoms with Crippen LogP contribution in [0.25, 0.3) is 0 Å². The number of ketones is 1. The number of thioether (sulfide) groups is 1. The van der Waals surface area contributed by atoms with Crippen molar-refractivity contribution in [1.29, 1.82) is 0 Å². The second-order valence-corrected chi connectivity index (χ2v) is 7.55. The van der Waals surface area contributed by atoms with Crippen LogP contribution >= 0.6 is 11.8 Å². The number of hydrogen-bond acceptors (Lipinski definition) is 4. The fourth-order valence-corrected chi connectivity index (χ4v) is 2.58. The molecule has 1 aromatic rings. The Bertz CT molecular complexity index is 529. The van der Waals surface area contributed by atoms with E-state index in [-0.39, 0.29) is 22.8 Å². The fraction of sp³-hybridized carbons (Fsp3) is 0.529. The third-order valence-electron chi connectivity index (χ3n) is 2.90. The lowest BCUT2D eigenvalue weighted by atomic mass is 10.0. The van der Waals surface area contributed by atoms with Crippen LogP contribution in [0.4, 0.5) is 0 Å². The molecule has 0 aromatic heterocycles. The van der Waals surface area contributed by atoms with Gasteiger partial charge in [-0.25, -0.2) is 0 Å². The molecule has 116 valence electrons. The van der Waals surface area contributed by atoms with Crippen LogP contribution in [-0.2, 0) is 9.53 Å². The zero-order valence-electron chi connectivity index (χ0n) is 13.6. The lowest BCUT2D eigenvalue weighted by Crippen LogP contribution is -2.26. The summed E-state index contributed by atoms with van der Waals surface area (Å²) in [5.74, 6) is -0.0347. The number of hydrogen-bond donors (Lipinski definition) is 0. The lowest BCUT2D eigenvalue weighted by molar-refractivity contribution is -0.151. The number of carbonyl (C=O) groups excluding carboxylic acids is 2. The number of Topliss-reactive ketones (excluding diaryl/α,β-unsaturated/α-hetero) is 1. The quantitative estimate of drug-likeness (QED) is 0.610. The van der Waals surface area contributed by atoms with E-state index in [1.807, 2.05) is 59.7 Å². The maximum Gasteiger partial charge on any atom is 0.316 e. The van der Waals surface area contributed by atoms with Gasteiger partial charge in [0.2, 0.25) is 0 Å². The van der Waals surface area contributed by atoms with Crippen molar-refractivity contribution in [3.63, 3.8) is 0 Å². The molecule has 0 bridgehead atoms. The zero-order chi connectivity index (χ0) is 16.2. The van der Waals surface area contributed by atoms with E-state index in [2.05, 4.69) is 0 Å². The van der Waals surface area contributed by atoms with Gasteiger partial charge in [-0.3, -0.25) is 9.59 Å². The highest BCUT2D eigenvalue weighted by molar-refractivity contribution is 8.01. The molecule has 1 atom stereocenters. The number of rotatable bonds is 5. The average Bonchev–Trinajstić information content (AvgIpc) is 2.36. The Kier molecular flexibility index (Phi) is 6.02. The molecule has 0 spiro atoms. The number of carbonyl (C=O) groups is 2. The molecule has 0 fully saturated rings. The Morgan fingerprint density at radius 1 is 1.24 bits per heavy atom. The molecule has 1 aromatic carbocycles. The van der Waals surface area contributed by atoms with Gasteiger partial charge in [0.15, 0.2) is 5.78 Å². The van der Waals surface area contributed by atoms with Gasteiger partial charge < -0.3 is 4.74 Å². The molecule has 0 saturated carbocycles. The van der Waals surface area contributed by atoms with Gasteiger partial charge in [0, 0.05) is 5.56 Å². The highest BCUT2D eigenvalue weighted by atomic mass is 32.2. The number of aryl methyl sites for hydroxylation is 2. The van der Waals surface area contributed by atoms with Crippen LogP contribution in [0.15, 0.2) is 18.2 Å². The van der Waals surface area contributed by atoms with Crippen LogP contribution in [0, 0.1) is 13.8 Å². The topological polar surface area (TPSA) is 43.4 Å². The van der Waals surface area contributed by atoms with Crippen molar-refractivity contribution in [1.82, 2.24) is 0 Å². The van der Waals surface area contributed by atoms with Crippen molar-refractivity contribution in [2.75, 3.05) is 5.75 Å². The molecule has 0 aliphatic heterocycles. The minimum absolute atomic E-state index is 0.0600. The Morgan fingerprint density at radius 3 is 2.43 bits per heavy atom. The van der Waals surface area contributed by atoms with Gasteiger partial charge in [0.05, 0.1) is 11.0 Å². The van der Waals surface area contributed by atoms with Crippen LogP contribution in [0.1, 0.15) is 49.2 Å². The molecule has 4 heteroatoms. The molecule has 21 heavy (non-hydrogen) atoms. The van der Waals surface area contributed by atoms with Gasteiger partial charge in [-0.05, 0) is 53.2 Å². The van der Waals surface area contributed by atoms with Crippen LogP contribution in [-0.4, -0.2) is 28.4 Å². The average molecular weight is 308 g/mol. The second-order valence-electron chi connectivity index (χ2n) is 6.22. The molecular formula is C17H24O3S. The van der Waals surface area contributed by atoms with E-state index < -0.39 is 5.60 Å². The molecule has 0 aliphatic carbocycles. The molecule has 0 heterocycles. The van der Waals surface area contributed by atoms with Crippen LogP contribution in [0.3, 0.4) is 0 Å². The summed E-state index contributed by atoms with van der Waals surface area (Å²) in [6.07, 6.45) is 0. The smallest absolute Gasteiger partial charge is 0.316 e. The first-order chi connectivity index (χ1) is 9.60. The summed E-state index contributed by atoms with van der Waals surface area (Å²) in [5.41, 5.74) is 2.28. The molecule has 0 aliphatic rings. The first kappa shape index (κ1) is 17.8. The Labute approximate surface area is 131 Å². The van der Waals surface area contributed by atoms with E-state index >= 15 is 0 Å². The van der Waals surface area contributed by atoms with E-state index in [1.54, 1.807) is 0 Å². The molecular weight excluding hydrogens is 284 g/mol. The highest BCUT2D eigenvalue weighted by Gasteiger charge is 2.21. The zero-order valence-corrected chi connectivity index (χ0v) is 14.5. The molecule has 3 nitrogen and oxygen atoms in total. The third-order valence-corrected chi connectivity index (χ3v) is 4.02. The van der Waals surface area contributed by atoms with Crippen molar-refractivity contribution in [3.05, 3.63) is 34.9 Å². The summed E-state index contributed by atoms with van der Waals surface area (Å²) in [5, 5.41) is -0.266. The predicted molar refractivity (Wildman–Crippen MR) is 88.0 cm³/mol. The molecule has 0 radical (unpaired) electrons. The van der Waals surface area contributed by atoms with Crippen molar-refractivity contribution in [2.24, 2.45) is 0 Å². The van der Waals surface area contributed by atoms with Crippen LogP contribution in [0.5, 0.6) is 0 Å². The summed E-state index contributed by atoms with van der Waals surface area (Å²) in [4.78, 5) is 24.1. The number of benzene rings is 1. The van der Waals surface area contributed by atoms with Crippen molar-refractivity contribution >= 4 is 23.5 Å². The number of esters is 1. The van der Waals surface area contributed by atoms with Crippen molar-refractivity contribution in [3.8, 4) is 0 Å². The summed E-state index contributed by atoms with van der Waals surface area (Å²) >= 11 is 1.32. The molecule has 1 rings (SSSR count). The lowest BCUT2D eigenvalue weighted by Gasteiger charge is -2.20. The highest BCUT2D eigenvalue weighted by Crippen LogP contribution is 2.20. The Balaban J connectivity index is 2.63. The van der Waals surface area contributed by atoms with Crippen LogP contribution in [0.2, 0.25) is 0 Å². The van der Waals surface area contributed by atoms with Gasteiger partial charge in [-0.15, -0.1) is 11.8 Å². The first-order valence-corrected chi connectivity index (χ1v) is 8.10. The molecule has 0 saturated heterocycles. The van der Waals surface area contributed by atoms with Crippen LogP contribution < -0.4 is 0 Å². The predicted octanol–water partition coefficient (Wildman–Crippen LogP) is 3.95. The van der Waals surface area contributed by atoms with Gasteiger partial charge >= 0.3 is 5.97 Å². The minimum atomic E-state index is -0.488. The normalized spacial score (nSPS) is 12.9. The van der Waals surface area contributed by atoms with Gasteiger partial charge in [-0.2, -0.15) is 0 Å². The monoisotopic (exact) mass is 308 g/mol.